The van der Waals surface area contributed by atoms with Gasteiger partial charge in [0.25, 0.3) is 0 Å². The predicted molar refractivity (Wildman–Crippen MR) is 76.8 cm³/mol. The van der Waals surface area contributed by atoms with E-state index in [1.807, 2.05) is 11.7 Å². The van der Waals surface area contributed by atoms with Crippen molar-refractivity contribution < 1.29 is 0 Å². The van der Waals surface area contributed by atoms with Crippen LogP contribution in [0, 0.1) is 5.92 Å². The van der Waals surface area contributed by atoms with Crippen LogP contribution in [0.1, 0.15) is 38.9 Å². The lowest BCUT2D eigenvalue weighted by atomic mass is 10.0. The molecule has 0 saturated carbocycles. The molecule has 1 aromatic heterocycles. The average molecular weight is 265 g/mol. The van der Waals surface area contributed by atoms with Crippen molar-refractivity contribution in [1.82, 2.24) is 25.0 Å². The van der Waals surface area contributed by atoms with Crippen LogP contribution in [0.3, 0.4) is 0 Å². The van der Waals surface area contributed by atoms with E-state index in [0.29, 0.717) is 6.04 Å². The molecule has 1 aliphatic rings. The van der Waals surface area contributed by atoms with Gasteiger partial charge in [-0.05, 0) is 31.8 Å². The molecule has 0 aliphatic carbocycles. The Morgan fingerprint density at radius 2 is 2.26 bits per heavy atom. The summed E-state index contributed by atoms with van der Waals surface area (Å²) in [5.74, 6) is 1.78. The Labute approximate surface area is 116 Å². The minimum absolute atomic E-state index is 0.643. The van der Waals surface area contributed by atoms with Crippen molar-refractivity contribution in [3.63, 3.8) is 0 Å². The van der Waals surface area contributed by atoms with Gasteiger partial charge in [-0.3, -0.25) is 9.58 Å². The second-order valence-electron chi connectivity index (χ2n) is 5.97. The molecule has 1 N–H and O–H groups in total. The molecule has 1 atom stereocenters. The van der Waals surface area contributed by atoms with Crippen LogP contribution in [0.4, 0.5) is 0 Å². The molecule has 1 fully saturated rings. The fraction of sp³-hybridized carbons (Fsp3) is 0.857. The molecular weight excluding hydrogens is 238 g/mol. The number of rotatable bonds is 6. The van der Waals surface area contributed by atoms with E-state index in [1.165, 1.54) is 25.8 Å². The lowest BCUT2D eigenvalue weighted by Crippen LogP contribution is -2.45. The van der Waals surface area contributed by atoms with Crippen LogP contribution in [0.5, 0.6) is 0 Å². The summed E-state index contributed by atoms with van der Waals surface area (Å²) in [6.45, 7) is 8.81. The van der Waals surface area contributed by atoms with Gasteiger partial charge in [-0.1, -0.05) is 20.3 Å². The van der Waals surface area contributed by atoms with Gasteiger partial charge in [0.05, 0.1) is 6.54 Å². The molecule has 108 valence electrons. The number of likely N-dealkylation sites (tertiary alicyclic amines) is 1. The van der Waals surface area contributed by atoms with Crippen LogP contribution in [-0.2, 0) is 13.6 Å². The minimum atomic E-state index is 0.643. The van der Waals surface area contributed by atoms with Crippen molar-refractivity contribution >= 4 is 0 Å². The highest BCUT2D eigenvalue weighted by atomic mass is 15.3. The third kappa shape index (κ3) is 4.28. The van der Waals surface area contributed by atoms with Crippen LogP contribution < -0.4 is 5.32 Å². The average Bonchev–Trinajstić information content (AvgIpc) is 2.77. The standard InChI is InChI=1S/C14H27N5/c1-12(2)8-15-9-13-6-4-5-7-19(13)10-14-16-11-17-18(14)3/h11-13,15H,4-10H2,1-3H3. The summed E-state index contributed by atoms with van der Waals surface area (Å²) in [5, 5.41) is 7.75. The van der Waals surface area contributed by atoms with Crippen LogP contribution in [0.2, 0.25) is 0 Å². The van der Waals surface area contributed by atoms with Gasteiger partial charge >= 0.3 is 0 Å². The molecule has 2 heterocycles. The molecule has 1 aliphatic heterocycles. The van der Waals surface area contributed by atoms with Crippen molar-refractivity contribution in [2.45, 2.75) is 45.7 Å². The maximum Gasteiger partial charge on any atom is 0.140 e. The smallest absolute Gasteiger partial charge is 0.140 e. The van der Waals surface area contributed by atoms with E-state index < -0.39 is 0 Å². The van der Waals surface area contributed by atoms with Crippen molar-refractivity contribution in [2.24, 2.45) is 13.0 Å². The van der Waals surface area contributed by atoms with Crippen molar-refractivity contribution in [2.75, 3.05) is 19.6 Å². The van der Waals surface area contributed by atoms with E-state index in [4.69, 9.17) is 0 Å². The second-order valence-corrected chi connectivity index (χ2v) is 5.97. The summed E-state index contributed by atoms with van der Waals surface area (Å²) in [6.07, 6.45) is 5.59. The highest BCUT2D eigenvalue weighted by molar-refractivity contribution is 4.88. The van der Waals surface area contributed by atoms with E-state index in [9.17, 15) is 0 Å². The van der Waals surface area contributed by atoms with Crippen LogP contribution >= 0.6 is 0 Å². The fourth-order valence-corrected chi connectivity index (χ4v) is 2.68. The molecule has 1 saturated heterocycles. The zero-order valence-electron chi connectivity index (χ0n) is 12.5. The summed E-state index contributed by atoms with van der Waals surface area (Å²) in [5.41, 5.74) is 0. The molecule has 0 bridgehead atoms. The first-order chi connectivity index (χ1) is 9.16. The first kappa shape index (κ1) is 14.5. The molecule has 19 heavy (non-hydrogen) atoms. The number of nitrogens with zero attached hydrogens (tertiary/aromatic N) is 4. The molecule has 5 heteroatoms. The Balaban J connectivity index is 1.87. The quantitative estimate of drug-likeness (QED) is 0.845. The Morgan fingerprint density at radius 3 is 2.95 bits per heavy atom. The Hall–Kier alpha value is -0.940. The zero-order valence-corrected chi connectivity index (χ0v) is 12.5. The van der Waals surface area contributed by atoms with E-state index >= 15 is 0 Å². The van der Waals surface area contributed by atoms with Gasteiger partial charge in [-0.25, -0.2) is 4.98 Å². The highest BCUT2D eigenvalue weighted by Gasteiger charge is 2.23. The normalized spacial score (nSPS) is 21.2. The minimum Gasteiger partial charge on any atom is -0.315 e. The Kier molecular flexibility index (Phi) is 5.34. The molecule has 1 aromatic rings. The van der Waals surface area contributed by atoms with Crippen LogP contribution in [0.25, 0.3) is 0 Å². The van der Waals surface area contributed by atoms with Gasteiger partial charge in [-0.15, -0.1) is 0 Å². The summed E-state index contributed by atoms with van der Waals surface area (Å²) >= 11 is 0. The SMILES string of the molecule is CC(C)CNCC1CCCCN1Cc1ncnn1C. The summed E-state index contributed by atoms with van der Waals surface area (Å²) < 4.78 is 1.88. The number of aromatic nitrogens is 3. The predicted octanol–water partition coefficient (Wildman–Crippen LogP) is 1.42. The molecule has 0 radical (unpaired) electrons. The maximum atomic E-state index is 4.34. The largest absolute Gasteiger partial charge is 0.315 e. The third-order valence-corrected chi connectivity index (χ3v) is 3.83. The van der Waals surface area contributed by atoms with Crippen LogP contribution in [-0.4, -0.2) is 45.3 Å². The number of piperidine rings is 1. The van der Waals surface area contributed by atoms with Gasteiger partial charge in [0, 0.05) is 19.6 Å². The number of hydrogen-bond acceptors (Lipinski definition) is 4. The monoisotopic (exact) mass is 265 g/mol. The van der Waals surface area contributed by atoms with Crippen molar-refractivity contribution in [3.05, 3.63) is 12.2 Å². The first-order valence-corrected chi connectivity index (χ1v) is 7.44. The van der Waals surface area contributed by atoms with Gasteiger partial charge in [0.1, 0.15) is 12.2 Å². The summed E-state index contributed by atoms with van der Waals surface area (Å²) in [7, 11) is 1.97. The van der Waals surface area contributed by atoms with Crippen molar-refractivity contribution in [1.29, 1.82) is 0 Å². The highest BCUT2D eigenvalue weighted by Crippen LogP contribution is 2.18. The van der Waals surface area contributed by atoms with Gasteiger partial charge in [0.15, 0.2) is 0 Å². The van der Waals surface area contributed by atoms with Crippen LogP contribution in [0.15, 0.2) is 6.33 Å². The topological polar surface area (TPSA) is 46.0 Å². The molecule has 1 unspecified atom stereocenters. The maximum absolute atomic E-state index is 4.34. The Morgan fingerprint density at radius 1 is 1.42 bits per heavy atom. The number of hydrogen-bond donors (Lipinski definition) is 1. The fourth-order valence-electron chi connectivity index (χ4n) is 2.68. The molecule has 5 nitrogen and oxygen atoms in total. The second kappa shape index (κ2) is 7.01. The summed E-state index contributed by atoms with van der Waals surface area (Å²) in [4.78, 5) is 6.90. The third-order valence-electron chi connectivity index (χ3n) is 3.83. The molecule has 0 spiro atoms. The molecule has 0 aromatic carbocycles. The van der Waals surface area contributed by atoms with E-state index in [0.717, 1.165) is 31.4 Å². The van der Waals surface area contributed by atoms with Gasteiger partial charge in [0.2, 0.25) is 0 Å². The number of aryl methyl sites for hydroxylation is 1. The lowest BCUT2D eigenvalue weighted by Gasteiger charge is -2.35. The number of nitrogens with one attached hydrogen (secondary N) is 1. The Bertz CT molecular complexity index is 374. The van der Waals surface area contributed by atoms with E-state index in [1.54, 1.807) is 6.33 Å². The van der Waals surface area contributed by atoms with Crippen molar-refractivity contribution in [3.8, 4) is 0 Å². The molecular formula is C14H27N5. The lowest BCUT2D eigenvalue weighted by molar-refractivity contribution is 0.132. The van der Waals surface area contributed by atoms with E-state index in [2.05, 4.69) is 34.1 Å². The molecule has 2 rings (SSSR count). The zero-order chi connectivity index (χ0) is 13.7. The summed E-state index contributed by atoms with van der Waals surface area (Å²) in [6, 6.07) is 0.643. The van der Waals surface area contributed by atoms with Gasteiger partial charge < -0.3 is 5.32 Å². The molecule has 0 amide bonds. The first-order valence-electron chi connectivity index (χ1n) is 7.44. The van der Waals surface area contributed by atoms with Gasteiger partial charge in [-0.2, -0.15) is 5.10 Å². The van der Waals surface area contributed by atoms with E-state index in [-0.39, 0.29) is 0 Å².